The number of likely N-dealkylation sites (N-methyl/N-ethyl adjacent to an activating group) is 1. The minimum absolute atomic E-state index is 0.218. The summed E-state index contributed by atoms with van der Waals surface area (Å²) in [5.74, 6) is 1.46. The number of nitrogen functional groups attached to an aromatic ring is 1. The van der Waals surface area contributed by atoms with Crippen LogP contribution >= 0.6 is 23.4 Å². The highest BCUT2D eigenvalue weighted by Gasteiger charge is 2.05. The number of aromatic nitrogens is 3. The molecule has 0 bridgehead atoms. The van der Waals surface area contributed by atoms with Crippen molar-refractivity contribution in [3.8, 4) is 0 Å². The topological polar surface area (TPSA) is 88.8 Å². The minimum atomic E-state index is 0.218. The molecule has 2 aromatic rings. The van der Waals surface area contributed by atoms with Crippen molar-refractivity contribution in [2.75, 3.05) is 31.2 Å². The normalized spacial score (nSPS) is 10.6. The Bertz CT molecular complexity index is 577. The smallest absolute Gasteiger partial charge is 0.228 e. The first-order valence-electron chi connectivity index (χ1n) is 6.44. The van der Waals surface area contributed by atoms with Crippen molar-refractivity contribution in [3.63, 3.8) is 0 Å². The SMILES string of the molecule is CNCCNc1nc(N)nc(SCc2ccc(Cl)cc2)n1. The van der Waals surface area contributed by atoms with Crippen molar-refractivity contribution in [3.05, 3.63) is 34.9 Å². The monoisotopic (exact) mass is 324 g/mol. The molecule has 0 fully saturated rings. The second-order valence-electron chi connectivity index (χ2n) is 4.25. The fourth-order valence-corrected chi connectivity index (χ4v) is 2.47. The summed E-state index contributed by atoms with van der Waals surface area (Å²) in [7, 11) is 1.89. The van der Waals surface area contributed by atoms with Crippen LogP contribution in [0.4, 0.5) is 11.9 Å². The Morgan fingerprint density at radius 3 is 2.62 bits per heavy atom. The molecule has 6 nitrogen and oxygen atoms in total. The Hall–Kier alpha value is -1.57. The van der Waals surface area contributed by atoms with Gasteiger partial charge in [-0.3, -0.25) is 0 Å². The second kappa shape index (κ2) is 8.02. The molecule has 1 aromatic carbocycles. The fraction of sp³-hybridized carbons (Fsp3) is 0.308. The number of rotatable bonds is 7. The van der Waals surface area contributed by atoms with Crippen molar-refractivity contribution in [1.29, 1.82) is 0 Å². The number of thioether (sulfide) groups is 1. The first-order valence-corrected chi connectivity index (χ1v) is 7.81. The lowest BCUT2D eigenvalue weighted by Crippen LogP contribution is -2.19. The zero-order chi connectivity index (χ0) is 15.1. The summed E-state index contributed by atoms with van der Waals surface area (Å²) in [6.07, 6.45) is 0. The molecule has 0 radical (unpaired) electrons. The molecule has 0 saturated carbocycles. The molecule has 0 aliphatic carbocycles. The third-order valence-electron chi connectivity index (χ3n) is 2.57. The van der Waals surface area contributed by atoms with Crippen LogP contribution in [0.3, 0.4) is 0 Å². The highest BCUT2D eigenvalue weighted by Crippen LogP contribution is 2.21. The van der Waals surface area contributed by atoms with Crippen LogP contribution in [0.5, 0.6) is 0 Å². The molecule has 0 amide bonds. The Kier molecular flexibility index (Phi) is 6.04. The van der Waals surface area contributed by atoms with E-state index in [1.54, 1.807) is 0 Å². The van der Waals surface area contributed by atoms with Gasteiger partial charge in [-0.05, 0) is 24.7 Å². The van der Waals surface area contributed by atoms with E-state index in [1.165, 1.54) is 11.8 Å². The largest absolute Gasteiger partial charge is 0.368 e. The van der Waals surface area contributed by atoms with Crippen LogP contribution in [0.1, 0.15) is 5.56 Å². The van der Waals surface area contributed by atoms with Crippen molar-refractivity contribution >= 4 is 35.3 Å². The predicted octanol–water partition coefficient (Wildman–Crippen LogP) is 2.03. The lowest BCUT2D eigenvalue weighted by atomic mass is 10.2. The van der Waals surface area contributed by atoms with Crippen LogP contribution in [0.25, 0.3) is 0 Å². The average Bonchev–Trinajstić information content (AvgIpc) is 2.46. The van der Waals surface area contributed by atoms with Gasteiger partial charge >= 0.3 is 0 Å². The summed E-state index contributed by atoms with van der Waals surface area (Å²) in [6.45, 7) is 1.54. The fourth-order valence-electron chi connectivity index (χ4n) is 1.54. The molecule has 1 heterocycles. The lowest BCUT2D eigenvalue weighted by Gasteiger charge is -2.07. The summed E-state index contributed by atoms with van der Waals surface area (Å²) in [4.78, 5) is 12.5. The lowest BCUT2D eigenvalue weighted by molar-refractivity contribution is 0.809. The number of hydrogen-bond donors (Lipinski definition) is 3. The second-order valence-corrected chi connectivity index (χ2v) is 5.62. The van der Waals surface area contributed by atoms with Gasteiger partial charge in [0.15, 0.2) is 5.16 Å². The maximum absolute atomic E-state index is 5.86. The number of nitrogens with zero attached hydrogens (tertiary/aromatic N) is 3. The molecular weight excluding hydrogens is 308 g/mol. The van der Waals surface area contributed by atoms with E-state index in [0.717, 1.165) is 29.4 Å². The van der Waals surface area contributed by atoms with E-state index < -0.39 is 0 Å². The quantitative estimate of drug-likeness (QED) is 0.530. The van der Waals surface area contributed by atoms with E-state index in [9.17, 15) is 0 Å². The van der Waals surface area contributed by atoms with Crippen molar-refractivity contribution in [2.45, 2.75) is 10.9 Å². The number of benzene rings is 1. The zero-order valence-electron chi connectivity index (χ0n) is 11.6. The molecule has 21 heavy (non-hydrogen) atoms. The molecule has 0 spiro atoms. The van der Waals surface area contributed by atoms with Gasteiger partial charge in [-0.15, -0.1) is 0 Å². The molecule has 1 aromatic heterocycles. The molecule has 0 unspecified atom stereocenters. The van der Waals surface area contributed by atoms with E-state index in [1.807, 2.05) is 31.3 Å². The Morgan fingerprint density at radius 1 is 1.14 bits per heavy atom. The first kappa shape index (κ1) is 15.8. The number of nitrogens with one attached hydrogen (secondary N) is 2. The van der Waals surface area contributed by atoms with Gasteiger partial charge in [0.05, 0.1) is 0 Å². The van der Waals surface area contributed by atoms with Gasteiger partial charge < -0.3 is 16.4 Å². The molecule has 8 heteroatoms. The van der Waals surface area contributed by atoms with Crippen LogP contribution in [-0.4, -0.2) is 35.1 Å². The van der Waals surface area contributed by atoms with E-state index in [2.05, 4.69) is 25.6 Å². The number of anilines is 2. The van der Waals surface area contributed by atoms with Gasteiger partial charge in [0.25, 0.3) is 0 Å². The number of hydrogen-bond acceptors (Lipinski definition) is 7. The minimum Gasteiger partial charge on any atom is -0.368 e. The summed E-state index contributed by atoms with van der Waals surface area (Å²) < 4.78 is 0. The molecular formula is C13H17ClN6S. The third-order valence-corrected chi connectivity index (χ3v) is 3.74. The molecule has 4 N–H and O–H groups in total. The molecule has 2 rings (SSSR count). The Labute approximate surface area is 132 Å². The van der Waals surface area contributed by atoms with E-state index in [4.69, 9.17) is 17.3 Å². The molecule has 112 valence electrons. The average molecular weight is 325 g/mol. The summed E-state index contributed by atoms with van der Waals surface area (Å²) in [5.41, 5.74) is 6.85. The van der Waals surface area contributed by atoms with Crippen LogP contribution in [-0.2, 0) is 5.75 Å². The Balaban J connectivity index is 1.97. The zero-order valence-corrected chi connectivity index (χ0v) is 13.2. The van der Waals surface area contributed by atoms with Gasteiger partial charge in [0.2, 0.25) is 11.9 Å². The first-order chi connectivity index (χ1) is 10.2. The van der Waals surface area contributed by atoms with Gasteiger partial charge in [-0.1, -0.05) is 35.5 Å². The summed E-state index contributed by atoms with van der Waals surface area (Å²) in [5, 5.41) is 7.46. The van der Waals surface area contributed by atoms with Crippen LogP contribution in [0.2, 0.25) is 5.02 Å². The van der Waals surface area contributed by atoms with E-state index in [0.29, 0.717) is 11.1 Å². The third kappa shape index (κ3) is 5.37. The number of nitrogens with two attached hydrogens (primary N) is 1. The van der Waals surface area contributed by atoms with Crippen molar-refractivity contribution in [1.82, 2.24) is 20.3 Å². The van der Waals surface area contributed by atoms with Crippen LogP contribution < -0.4 is 16.4 Å². The standard InChI is InChI=1S/C13H17ClN6S/c1-16-6-7-17-12-18-11(15)19-13(20-12)21-8-9-2-4-10(14)5-3-9/h2-5,16H,6-8H2,1H3,(H3,15,17,18,19,20). The number of halogens is 1. The summed E-state index contributed by atoms with van der Waals surface area (Å²) in [6, 6.07) is 7.69. The Morgan fingerprint density at radius 2 is 1.90 bits per heavy atom. The predicted molar refractivity (Wildman–Crippen MR) is 87.7 cm³/mol. The molecule has 0 saturated heterocycles. The summed E-state index contributed by atoms with van der Waals surface area (Å²) >= 11 is 7.37. The molecule has 0 aliphatic rings. The van der Waals surface area contributed by atoms with Gasteiger partial charge in [-0.2, -0.15) is 15.0 Å². The maximum atomic E-state index is 5.86. The van der Waals surface area contributed by atoms with Crippen LogP contribution in [0.15, 0.2) is 29.4 Å². The van der Waals surface area contributed by atoms with Gasteiger partial charge in [0.1, 0.15) is 0 Å². The van der Waals surface area contributed by atoms with Crippen LogP contribution in [0, 0.1) is 0 Å². The maximum Gasteiger partial charge on any atom is 0.228 e. The van der Waals surface area contributed by atoms with E-state index >= 15 is 0 Å². The van der Waals surface area contributed by atoms with Gasteiger partial charge in [-0.25, -0.2) is 0 Å². The molecule has 0 atom stereocenters. The molecule has 0 aliphatic heterocycles. The van der Waals surface area contributed by atoms with Crippen molar-refractivity contribution < 1.29 is 0 Å². The van der Waals surface area contributed by atoms with E-state index in [-0.39, 0.29) is 5.95 Å². The van der Waals surface area contributed by atoms with Crippen molar-refractivity contribution in [2.24, 2.45) is 0 Å². The highest BCUT2D eigenvalue weighted by atomic mass is 35.5. The van der Waals surface area contributed by atoms with Gasteiger partial charge in [0, 0.05) is 23.9 Å². The highest BCUT2D eigenvalue weighted by molar-refractivity contribution is 7.98.